The molecule has 0 saturated heterocycles. The van der Waals surface area contributed by atoms with Crippen LogP contribution in [0.15, 0.2) is 48.9 Å². The standard InChI is InChI=1S/C16H15FN2O/c1-2-19-10-12(11-20-14-4-3-7-18-9-14)15-6-5-13(17)8-16(15)19/h3-10H,2,11H2,1H3. The molecule has 20 heavy (non-hydrogen) atoms. The summed E-state index contributed by atoms with van der Waals surface area (Å²) in [5.74, 6) is 0.511. The van der Waals surface area contributed by atoms with Gasteiger partial charge in [0.2, 0.25) is 0 Å². The summed E-state index contributed by atoms with van der Waals surface area (Å²) < 4.78 is 21.1. The molecule has 0 radical (unpaired) electrons. The second-order valence-corrected chi connectivity index (χ2v) is 4.58. The summed E-state index contributed by atoms with van der Waals surface area (Å²) in [4.78, 5) is 4.01. The molecule has 2 heterocycles. The lowest BCUT2D eigenvalue weighted by Crippen LogP contribution is -1.95. The first-order valence-corrected chi connectivity index (χ1v) is 6.58. The van der Waals surface area contributed by atoms with Crippen LogP contribution in [0, 0.1) is 5.82 Å². The first-order valence-electron chi connectivity index (χ1n) is 6.58. The number of rotatable bonds is 4. The Morgan fingerprint density at radius 2 is 2.20 bits per heavy atom. The molecule has 0 bridgehead atoms. The largest absolute Gasteiger partial charge is 0.487 e. The zero-order valence-corrected chi connectivity index (χ0v) is 11.2. The van der Waals surface area contributed by atoms with Gasteiger partial charge in [0, 0.05) is 29.9 Å². The summed E-state index contributed by atoms with van der Waals surface area (Å²) in [6, 6.07) is 8.55. The maximum absolute atomic E-state index is 13.4. The van der Waals surface area contributed by atoms with Crippen LogP contribution in [0.1, 0.15) is 12.5 Å². The van der Waals surface area contributed by atoms with E-state index in [0.717, 1.165) is 28.8 Å². The minimum Gasteiger partial charge on any atom is -0.487 e. The minimum atomic E-state index is -0.218. The van der Waals surface area contributed by atoms with Gasteiger partial charge in [0.25, 0.3) is 0 Å². The quantitative estimate of drug-likeness (QED) is 0.721. The van der Waals surface area contributed by atoms with Crippen molar-refractivity contribution in [2.45, 2.75) is 20.1 Å². The summed E-state index contributed by atoms with van der Waals surface area (Å²) in [6.45, 7) is 3.28. The number of benzene rings is 1. The highest BCUT2D eigenvalue weighted by molar-refractivity contribution is 5.84. The van der Waals surface area contributed by atoms with Crippen LogP contribution >= 0.6 is 0 Å². The Bertz CT molecular complexity index is 722. The van der Waals surface area contributed by atoms with Crippen molar-refractivity contribution in [1.82, 2.24) is 9.55 Å². The number of hydrogen-bond donors (Lipinski definition) is 0. The number of aryl methyl sites for hydroxylation is 1. The van der Waals surface area contributed by atoms with E-state index in [9.17, 15) is 4.39 Å². The van der Waals surface area contributed by atoms with Crippen molar-refractivity contribution in [1.29, 1.82) is 0 Å². The molecule has 0 saturated carbocycles. The van der Waals surface area contributed by atoms with E-state index in [-0.39, 0.29) is 5.82 Å². The highest BCUT2D eigenvalue weighted by atomic mass is 19.1. The summed E-state index contributed by atoms with van der Waals surface area (Å²) in [5, 5.41) is 1.03. The third kappa shape index (κ3) is 2.37. The van der Waals surface area contributed by atoms with E-state index in [2.05, 4.69) is 4.98 Å². The number of pyridine rings is 1. The maximum Gasteiger partial charge on any atom is 0.138 e. The molecule has 3 rings (SSSR count). The van der Waals surface area contributed by atoms with Gasteiger partial charge in [0.05, 0.1) is 11.7 Å². The molecule has 0 atom stereocenters. The molecule has 0 unspecified atom stereocenters. The second-order valence-electron chi connectivity index (χ2n) is 4.58. The second kappa shape index (κ2) is 5.33. The molecule has 1 aromatic carbocycles. The molecule has 0 aliphatic carbocycles. The number of ether oxygens (including phenoxy) is 1. The molecule has 3 nitrogen and oxygen atoms in total. The van der Waals surface area contributed by atoms with Crippen LogP contribution in [0.2, 0.25) is 0 Å². The van der Waals surface area contributed by atoms with E-state index in [1.807, 2.05) is 29.8 Å². The molecule has 102 valence electrons. The van der Waals surface area contributed by atoms with Gasteiger partial charge in [-0.05, 0) is 37.3 Å². The Morgan fingerprint density at radius 3 is 2.95 bits per heavy atom. The average Bonchev–Trinajstić information content (AvgIpc) is 2.83. The van der Waals surface area contributed by atoms with Gasteiger partial charge in [-0.15, -0.1) is 0 Å². The fourth-order valence-electron chi connectivity index (χ4n) is 2.31. The number of aromatic nitrogens is 2. The predicted molar refractivity (Wildman–Crippen MR) is 76.1 cm³/mol. The zero-order chi connectivity index (χ0) is 13.9. The monoisotopic (exact) mass is 270 g/mol. The van der Waals surface area contributed by atoms with Crippen molar-refractivity contribution in [2.24, 2.45) is 0 Å². The molecular formula is C16H15FN2O. The lowest BCUT2D eigenvalue weighted by molar-refractivity contribution is 0.306. The van der Waals surface area contributed by atoms with Crippen molar-refractivity contribution in [3.05, 3.63) is 60.3 Å². The summed E-state index contributed by atoms with van der Waals surface area (Å²) in [7, 11) is 0. The smallest absolute Gasteiger partial charge is 0.138 e. The Morgan fingerprint density at radius 1 is 1.30 bits per heavy atom. The van der Waals surface area contributed by atoms with Crippen molar-refractivity contribution in [3.8, 4) is 5.75 Å². The number of hydrogen-bond acceptors (Lipinski definition) is 2. The van der Waals surface area contributed by atoms with Crippen LogP contribution < -0.4 is 4.74 Å². The molecule has 0 fully saturated rings. The lowest BCUT2D eigenvalue weighted by Gasteiger charge is -2.04. The molecule has 0 aliphatic heterocycles. The van der Waals surface area contributed by atoms with Gasteiger partial charge in [-0.2, -0.15) is 0 Å². The highest BCUT2D eigenvalue weighted by Gasteiger charge is 2.09. The topological polar surface area (TPSA) is 27.1 Å². The van der Waals surface area contributed by atoms with E-state index < -0.39 is 0 Å². The summed E-state index contributed by atoms with van der Waals surface area (Å²) >= 11 is 0. The van der Waals surface area contributed by atoms with E-state index in [4.69, 9.17) is 4.74 Å². The average molecular weight is 270 g/mol. The molecule has 2 aromatic heterocycles. The number of fused-ring (bicyclic) bond motifs is 1. The van der Waals surface area contributed by atoms with Crippen LogP contribution in [0.3, 0.4) is 0 Å². The summed E-state index contributed by atoms with van der Waals surface area (Å²) in [6.07, 6.45) is 5.40. The molecule has 4 heteroatoms. The third-order valence-corrected chi connectivity index (χ3v) is 3.30. The van der Waals surface area contributed by atoms with Crippen LogP contribution in [-0.2, 0) is 13.2 Å². The van der Waals surface area contributed by atoms with E-state index in [0.29, 0.717) is 6.61 Å². The van der Waals surface area contributed by atoms with Gasteiger partial charge in [-0.1, -0.05) is 0 Å². The Kier molecular flexibility index (Phi) is 3.37. The fourth-order valence-corrected chi connectivity index (χ4v) is 2.31. The molecule has 0 aliphatic rings. The molecule has 0 N–H and O–H groups in total. The van der Waals surface area contributed by atoms with Gasteiger partial charge < -0.3 is 9.30 Å². The Hall–Kier alpha value is -2.36. The predicted octanol–water partition coefficient (Wildman–Crippen LogP) is 3.77. The number of halogens is 1. The molecular weight excluding hydrogens is 255 g/mol. The SMILES string of the molecule is CCn1cc(COc2cccnc2)c2ccc(F)cc21. The van der Waals surface area contributed by atoms with Gasteiger partial charge in [0.15, 0.2) is 0 Å². The van der Waals surface area contributed by atoms with Crippen LogP contribution in [0.25, 0.3) is 10.9 Å². The maximum atomic E-state index is 13.4. The molecule has 0 amide bonds. The van der Waals surface area contributed by atoms with Crippen LogP contribution in [0.5, 0.6) is 5.75 Å². The third-order valence-electron chi connectivity index (χ3n) is 3.30. The van der Waals surface area contributed by atoms with Crippen molar-refractivity contribution in [3.63, 3.8) is 0 Å². The normalized spacial score (nSPS) is 10.9. The minimum absolute atomic E-state index is 0.218. The van der Waals surface area contributed by atoms with E-state index in [1.165, 1.54) is 6.07 Å². The van der Waals surface area contributed by atoms with Gasteiger partial charge in [-0.25, -0.2) is 4.39 Å². The lowest BCUT2D eigenvalue weighted by atomic mass is 10.2. The first-order chi connectivity index (χ1) is 9.78. The molecule has 0 spiro atoms. The zero-order valence-electron chi connectivity index (χ0n) is 11.2. The van der Waals surface area contributed by atoms with Gasteiger partial charge in [-0.3, -0.25) is 4.98 Å². The van der Waals surface area contributed by atoms with E-state index in [1.54, 1.807) is 24.5 Å². The van der Waals surface area contributed by atoms with E-state index >= 15 is 0 Å². The van der Waals surface area contributed by atoms with Crippen molar-refractivity contribution >= 4 is 10.9 Å². The van der Waals surface area contributed by atoms with Crippen LogP contribution in [-0.4, -0.2) is 9.55 Å². The van der Waals surface area contributed by atoms with Gasteiger partial charge >= 0.3 is 0 Å². The van der Waals surface area contributed by atoms with Crippen molar-refractivity contribution in [2.75, 3.05) is 0 Å². The Balaban J connectivity index is 1.92. The number of nitrogens with zero attached hydrogens (tertiary/aromatic N) is 2. The molecule has 3 aromatic rings. The van der Waals surface area contributed by atoms with Gasteiger partial charge in [0.1, 0.15) is 18.2 Å². The van der Waals surface area contributed by atoms with Crippen LogP contribution in [0.4, 0.5) is 4.39 Å². The Labute approximate surface area is 116 Å². The first kappa shape index (κ1) is 12.7. The van der Waals surface area contributed by atoms with Crippen molar-refractivity contribution < 1.29 is 9.13 Å². The fraction of sp³-hybridized carbons (Fsp3) is 0.188. The summed E-state index contributed by atoms with van der Waals surface area (Å²) in [5.41, 5.74) is 1.95. The highest BCUT2D eigenvalue weighted by Crippen LogP contribution is 2.24.